The van der Waals surface area contributed by atoms with Crippen LogP contribution in [0.4, 0.5) is 0 Å². The molecule has 0 saturated heterocycles. The van der Waals surface area contributed by atoms with E-state index in [0.29, 0.717) is 6.04 Å². The van der Waals surface area contributed by atoms with Crippen molar-refractivity contribution in [1.82, 2.24) is 10.2 Å². The minimum atomic E-state index is 0.451. The monoisotopic (exact) mass is 290 g/mol. The molecular weight excluding hydrogens is 256 g/mol. The summed E-state index contributed by atoms with van der Waals surface area (Å²) in [7, 11) is 2.07. The predicted octanol–water partition coefficient (Wildman–Crippen LogP) is 4.26. The maximum Gasteiger partial charge on any atom is 0.0329 e. The Kier molecular flexibility index (Phi) is 7.98. The van der Waals surface area contributed by atoms with Gasteiger partial charge in [0, 0.05) is 19.1 Å². The van der Waals surface area contributed by atoms with E-state index in [9.17, 15) is 0 Å². The average Bonchev–Trinajstić information content (AvgIpc) is 2.39. The summed E-state index contributed by atoms with van der Waals surface area (Å²) in [6.45, 7) is 14.9. The molecule has 21 heavy (non-hydrogen) atoms. The Morgan fingerprint density at radius 3 is 1.90 bits per heavy atom. The molecule has 0 spiro atoms. The standard InChI is InChI=1S/C19H34N2/c1-15(2)13-21(14-16(3)4)12-11-19(20-6)18-9-7-17(5)8-10-18/h7-10,15-16,19-20H,11-14H2,1-6H3. The lowest BCUT2D eigenvalue weighted by Crippen LogP contribution is -2.34. The SMILES string of the molecule is CNC(CCN(CC(C)C)CC(C)C)c1ccc(C)cc1. The number of aryl methyl sites for hydroxylation is 1. The van der Waals surface area contributed by atoms with Crippen molar-refractivity contribution in [3.8, 4) is 0 Å². The third-order valence-electron chi connectivity index (χ3n) is 3.81. The number of rotatable bonds is 9. The van der Waals surface area contributed by atoms with E-state index in [1.807, 2.05) is 0 Å². The molecule has 0 fully saturated rings. The van der Waals surface area contributed by atoms with E-state index in [2.05, 4.69) is 76.1 Å². The van der Waals surface area contributed by atoms with Gasteiger partial charge in [0.05, 0.1) is 0 Å². The van der Waals surface area contributed by atoms with Crippen LogP contribution in [0.1, 0.15) is 51.3 Å². The van der Waals surface area contributed by atoms with Gasteiger partial charge in [-0.2, -0.15) is 0 Å². The first-order valence-corrected chi connectivity index (χ1v) is 8.38. The molecular formula is C19H34N2. The minimum Gasteiger partial charge on any atom is -0.313 e. The summed E-state index contributed by atoms with van der Waals surface area (Å²) in [5.74, 6) is 1.47. The van der Waals surface area contributed by atoms with E-state index >= 15 is 0 Å². The van der Waals surface area contributed by atoms with Gasteiger partial charge in [-0.15, -0.1) is 0 Å². The molecule has 120 valence electrons. The first-order valence-electron chi connectivity index (χ1n) is 8.38. The molecule has 0 aliphatic carbocycles. The Labute approximate surface area is 131 Å². The molecule has 0 aliphatic heterocycles. The zero-order chi connectivity index (χ0) is 15.8. The number of hydrogen-bond donors (Lipinski definition) is 1. The molecule has 0 radical (unpaired) electrons. The molecule has 0 amide bonds. The van der Waals surface area contributed by atoms with E-state index in [-0.39, 0.29) is 0 Å². The van der Waals surface area contributed by atoms with Crippen molar-refractivity contribution in [2.75, 3.05) is 26.7 Å². The maximum atomic E-state index is 3.47. The second kappa shape index (κ2) is 9.22. The lowest BCUT2D eigenvalue weighted by atomic mass is 10.0. The van der Waals surface area contributed by atoms with Crippen LogP contribution in [-0.2, 0) is 0 Å². The second-order valence-electron chi connectivity index (χ2n) is 7.09. The number of benzene rings is 1. The zero-order valence-corrected chi connectivity index (χ0v) is 14.8. The molecule has 2 nitrogen and oxygen atoms in total. The minimum absolute atomic E-state index is 0.451. The first-order chi connectivity index (χ1) is 9.92. The van der Waals surface area contributed by atoms with Crippen LogP contribution in [0.5, 0.6) is 0 Å². The number of nitrogens with one attached hydrogen (secondary N) is 1. The molecule has 1 aromatic rings. The van der Waals surface area contributed by atoms with E-state index in [4.69, 9.17) is 0 Å². The largest absolute Gasteiger partial charge is 0.313 e. The van der Waals surface area contributed by atoms with Gasteiger partial charge < -0.3 is 10.2 Å². The van der Waals surface area contributed by atoms with Crippen LogP contribution in [0.3, 0.4) is 0 Å². The van der Waals surface area contributed by atoms with Crippen LogP contribution >= 0.6 is 0 Å². The smallest absolute Gasteiger partial charge is 0.0329 e. The van der Waals surface area contributed by atoms with Crippen molar-refractivity contribution in [3.63, 3.8) is 0 Å². The summed E-state index contributed by atoms with van der Waals surface area (Å²) >= 11 is 0. The van der Waals surface area contributed by atoms with Gasteiger partial charge in [0.2, 0.25) is 0 Å². The van der Waals surface area contributed by atoms with Crippen molar-refractivity contribution >= 4 is 0 Å². The quantitative estimate of drug-likeness (QED) is 0.731. The molecule has 0 saturated carbocycles. The predicted molar refractivity (Wildman–Crippen MR) is 93.7 cm³/mol. The van der Waals surface area contributed by atoms with Crippen LogP contribution in [0.2, 0.25) is 0 Å². The van der Waals surface area contributed by atoms with E-state index in [0.717, 1.165) is 18.4 Å². The second-order valence-corrected chi connectivity index (χ2v) is 7.09. The fourth-order valence-corrected chi connectivity index (χ4v) is 2.88. The molecule has 2 heteroatoms. The highest BCUT2D eigenvalue weighted by Crippen LogP contribution is 2.18. The summed E-state index contributed by atoms with van der Waals surface area (Å²) in [6, 6.07) is 9.38. The molecule has 1 rings (SSSR count). The van der Waals surface area contributed by atoms with Crippen LogP contribution < -0.4 is 5.32 Å². The third kappa shape index (κ3) is 7.10. The first kappa shape index (κ1) is 18.2. The highest BCUT2D eigenvalue weighted by atomic mass is 15.1. The van der Waals surface area contributed by atoms with Gasteiger partial charge in [-0.05, 0) is 44.3 Å². The summed E-state index contributed by atoms with van der Waals surface area (Å²) in [6.07, 6.45) is 1.17. The van der Waals surface area contributed by atoms with E-state index in [1.54, 1.807) is 0 Å². The molecule has 1 aromatic carbocycles. The Morgan fingerprint density at radius 1 is 0.952 bits per heavy atom. The van der Waals surface area contributed by atoms with Gasteiger partial charge in [-0.3, -0.25) is 0 Å². The van der Waals surface area contributed by atoms with Crippen LogP contribution in [-0.4, -0.2) is 31.6 Å². The van der Waals surface area contributed by atoms with Gasteiger partial charge in [0.1, 0.15) is 0 Å². The summed E-state index contributed by atoms with van der Waals surface area (Å²) in [4.78, 5) is 2.62. The molecule has 0 heterocycles. The van der Waals surface area contributed by atoms with E-state index in [1.165, 1.54) is 30.6 Å². The Balaban J connectivity index is 2.60. The molecule has 1 atom stereocenters. The van der Waals surface area contributed by atoms with Gasteiger partial charge in [0.15, 0.2) is 0 Å². The van der Waals surface area contributed by atoms with E-state index < -0.39 is 0 Å². The fourth-order valence-electron chi connectivity index (χ4n) is 2.88. The molecule has 0 aliphatic rings. The van der Waals surface area contributed by atoms with Gasteiger partial charge in [-0.25, -0.2) is 0 Å². The average molecular weight is 290 g/mol. The Bertz CT molecular complexity index is 371. The topological polar surface area (TPSA) is 15.3 Å². The fraction of sp³-hybridized carbons (Fsp3) is 0.684. The number of nitrogens with zero attached hydrogens (tertiary/aromatic N) is 1. The third-order valence-corrected chi connectivity index (χ3v) is 3.81. The number of hydrogen-bond acceptors (Lipinski definition) is 2. The van der Waals surface area contributed by atoms with Crippen molar-refractivity contribution < 1.29 is 0 Å². The van der Waals surface area contributed by atoms with Crippen molar-refractivity contribution in [1.29, 1.82) is 0 Å². The Morgan fingerprint density at radius 2 is 1.48 bits per heavy atom. The normalized spacial score (nSPS) is 13.4. The van der Waals surface area contributed by atoms with Crippen LogP contribution in [0.25, 0.3) is 0 Å². The van der Waals surface area contributed by atoms with Crippen molar-refractivity contribution in [2.45, 2.75) is 47.1 Å². The molecule has 1 unspecified atom stereocenters. The van der Waals surface area contributed by atoms with Gasteiger partial charge in [-0.1, -0.05) is 57.5 Å². The Hall–Kier alpha value is -0.860. The zero-order valence-electron chi connectivity index (χ0n) is 14.8. The molecule has 0 aromatic heterocycles. The lowest BCUT2D eigenvalue weighted by Gasteiger charge is -2.28. The van der Waals surface area contributed by atoms with Crippen molar-refractivity contribution in [2.24, 2.45) is 11.8 Å². The van der Waals surface area contributed by atoms with Crippen LogP contribution in [0.15, 0.2) is 24.3 Å². The summed E-state index contributed by atoms with van der Waals surface area (Å²) < 4.78 is 0. The van der Waals surface area contributed by atoms with Crippen LogP contribution in [0, 0.1) is 18.8 Å². The molecule has 0 bridgehead atoms. The van der Waals surface area contributed by atoms with Gasteiger partial charge >= 0.3 is 0 Å². The van der Waals surface area contributed by atoms with Gasteiger partial charge in [0.25, 0.3) is 0 Å². The highest BCUT2D eigenvalue weighted by Gasteiger charge is 2.14. The maximum absolute atomic E-state index is 3.47. The highest BCUT2D eigenvalue weighted by molar-refractivity contribution is 5.24. The lowest BCUT2D eigenvalue weighted by molar-refractivity contribution is 0.209. The summed E-state index contributed by atoms with van der Waals surface area (Å²) in [5.41, 5.74) is 2.73. The summed E-state index contributed by atoms with van der Waals surface area (Å²) in [5, 5.41) is 3.47. The van der Waals surface area contributed by atoms with Crippen molar-refractivity contribution in [3.05, 3.63) is 35.4 Å². The molecule has 1 N–H and O–H groups in total.